The number of carbonyl (C=O) groups excluding carboxylic acids is 1. The van der Waals surface area contributed by atoms with Crippen LogP contribution < -0.4 is 20.4 Å². The average Bonchev–Trinajstić information content (AvgIpc) is 3.23. The van der Waals surface area contributed by atoms with Gasteiger partial charge in [0.2, 0.25) is 5.91 Å². The van der Waals surface area contributed by atoms with E-state index in [1.165, 1.54) is 0 Å². The van der Waals surface area contributed by atoms with E-state index in [1.54, 1.807) is 19.6 Å². The topological polar surface area (TPSA) is 106 Å². The minimum absolute atomic E-state index is 0.0587. The summed E-state index contributed by atoms with van der Waals surface area (Å²) in [5.41, 5.74) is 2.51. The van der Waals surface area contributed by atoms with Crippen LogP contribution in [0.5, 0.6) is 11.5 Å². The number of amides is 1. The van der Waals surface area contributed by atoms with Gasteiger partial charge in [-0.05, 0) is 39.2 Å². The Morgan fingerprint density at radius 2 is 2.19 bits per heavy atom. The number of carbonyl (C=O) groups is 1. The van der Waals surface area contributed by atoms with E-state index in [0.717, 1.165) is 24.1 Å². The van der Waals surface area contributed by atoms with Crippen LogP contribution in [-0.4, -0.2) is 35.1 Å². The van der Waals surface area contributed by atoms with E-state index in [4.69, 9.17) is 13.9 Å². The average molecular weight is 425 g/mol. The number of nitrogens with one attached hydrogen (secondary N) is 2. The molecule has 3 heterocycles. The monoisotopic (exact) mass is 425 g/mol. The normalized spacial score (nSPS) is 14.7. The van der Waals surface area contributed by atoms with E-state index in [1.807, 2.05) is 26.8 Å². The molecule has 8 heteroatoms. The predicted octanol–water partition coefficient (Wildman–Crippen LogP) is 2.84. The van der Waals surface area contributed by atoms with Gasteiger partial charge in [0.05, 0.1) is 30.8 Å². The molecule has 0 radical (unpaired) electrons. The van der Waals surface area contributed by atoms with Crippen molar-refractivity contribution in [2.75, 3.05) is 13.7 Å². The van der Waals surface area contributed by atoms with Crippen molar-refractivity contribution >= 4 is 16.9 Å². The highest BCUT2D eigenvalue weighted by atomic mass is 16.5. The number of H-pyrrole nitrogens is 1. The number of imidazole rings is 1. The zero-order valence-electron chi connectivity index (χ0n) is 18.3. The molecule has 8 nitrogen and oxygen atoms in total. The van der Waals surface area contributed by atoms with E-state index in [2.05, 4.69) is 15.3 Å². The highest BCUT2D eigenvalue weighted by Gasteiger charge is 2.31. The number of benzene rings is 1. The molecule has 2 N–H and O–H groups in total. The van der Waals surface area contributed by atoms with E-state index in [0.29, 0.717) is 46.6 Å². The number of hydrogen-bond acceptors (Lipinski definition) is 6. The zero-order valence-corrected chi connectivity index (χ0v) is 18.3. The Hall–Kier alpha value is -3.29. The summed E-state index contributed by atoms with van der Waals surface area (Å²) in [7, 11) is 1.57. The van der Waals surface area contributed by atoms with Gasteiger partial charge in [-0.25, -0.2) is 9.78 Å². The summed E-state index contributed by atoms with van der Waals surface area (Å²) in [5, 5.41) is 3.55. The molecule has 1 aromatic carbocycles. The largest absolute Gasteiger partial charge is 0.496 e. The van der Waals surface area contributed by atoms with E-state index in [9.17, 15) is 9.59 Å². The van der Waals surface area contributed by atoms with Crippen molar-refractivity contribution < 1.29 is 18.7 Å². The van der Waals surface area contributed by atoms with Gasteiger partial charge in [-0.2, -0.15) is 0 Å². The minimum atomic E-state index is -0.506. The van der Waals surface area contributed by atoms with Gasteiger partial charge in [0.15, 0.2) is 0 Å². The molecule has 0 aliphatic carbocycles. The first-order chi connectivity index (χ1) is 14.8. The van der Waals surface area contributed by atoms with E-state index < -0.39 is 5.63 Å². The van der Waals surface area contributed by atoms with Crippen LogP contribution in [0.4, 0.5) is 0 Å². The summed E-state index contributed by atoms with van der Waals surface area (Å²) in [5.74, 6) is 0.998. The van der Waals surface area contributed by atoms with Crippen molar-refractivity contribution in [1.82, 2.24) is 15.3 Å². The van der Waals surface area contributed by atoms with Crippen molar-refractivity contribution in [2.45, 2.75) is 52.1 Å². The second kappa shape index (κ2) is 8.09. The fourth-order valence-electron chi connectivity index (χ4n) is 4.03. The highest BCUT2D eigenvalue weighted by Crippen LogP contribution is 2.43. The van der Waals surface area contributed by atoms with Gasteiger partial charge in [-0.15, -0.1) is 0 Å². The lowest BCUT2D eigenvalue weighted by Gasteiger charge is -2.33. The van der Waals surface area contributed by atoms with Gasteiger partial charge in [0, 0.05) is 36.5 Å². The first-order valence-corrected chi connectivity index (χ1v) is 10.4. The number of methoxy groups -OCH3 is 1. The van der Waals surface area contributed by atoms with Crippen LogP contribution in [0.15, 0.2) is 27.8 Å². The molecule has 3 aromatic rings. The van der Waals surface area contributed by atoms with Gasteiger partial charge in [0.25, 0.3) is 0 Å². The summed E-state index contributed by atoms with van der Waals surface area (Å²) in [4.78, 5) is 32.2. The molecular formula is C23H27N3O5. The fraction of sp³-hybridized carbons (Fsp3) is 0.435. The molecule has 0 saturated heterocycles. The second-order valence-corrected chi connectivity index (χ2v) is 8.47. The molecule has 2 aromatic heterocycles. The highest BCUT2D eigenvalue weighted by molar-refractivity contribution is 5.93. The first kappa shape index (κ1) is 21.0. The second-order valence-electron chi connectivity index (χ2n) is 8.47. The number of hydrogen-bond donors (Lipinski definition) is 2. The summed E-state index contributed by atoms with van der Waals surface area (Å²) in [6, 6.07) is 1.85. The van der Waals surface area contributed by atoms with Gasteiger partial charge >= 0.3 is 5.63 Å². The van der Waals surface area contributed by atoms with Crippen LogP contribution in [0.1, 0.15) is 42.7 Å². The van der Waals surface area contributed by atoms with Crippen molar-refractivity contribution in [3.05, 3.63) is 51.4 Å². The molecule has 164 valence electrons. The van der Waals surface area contributed by atoms with Crippen LogP contribution in [0.3, 0.4) is 0 Å². The van der Waals surface area contributed by atoms with Crippen LogP contribution in [0.2, 0.25) is 0 Å². The lowest BCUT2D eigenvalue weighted by atomic mass is 9.91. The third-order valence-corrected chi connectivity index (χ3v) is 5.77. The standard InChI is InChI=1S/C23H27N3O5/c1-13-16(9-19(27)25-8-6-14-11-24-12-26-14)22(28)30-21-15-5-7-23(2,3)31-17(15)10-18(29-4)20(13)21/h10-12H,5-9H2,1-4H3,(H,24,26)(H,25,27). The molecule has 0 atom stereocenters. The Morgan fingerprint density at radius 1 is 1.39 bits per heavy atom. The Morgan fingerprint density at radius 3 is 2.90 bits per heavy atom. The molecule has 31 heavy (non-hydrogen) atoms. The van der Waals surface area contributed by atoms with Crippen molar-refractivity contribution in [1.29, 1.82) is 0 Å². The third kappa shape index (κ3) is 4.15. The van der Waals surface area contributed by atoms with Crippen molar-refractivity contribution in [3.63, 3.8) is 0 Å². The fourth-order valence-corrected chi connectivity index (χ4v) is 4.03. The van der Waals surface area contributed by atoms with Gasteiger partial charge < -0.3 is 24.2 Å². The number of aromatic amines is 1. The van der Waals surface area contributed by atoms with Gasteiger partial charge in [-0.1, -0.05) is 0 Å². The molecule has 0 spiro atoms. The maximum Gasteiger partial charge on any atom is 0.340 e. The minimum Gasteiger partial charge on any atom is -0.496 e. The van der Waals surface area contributed by atoms with Crippen molar-refractivity contribution in [2.24, 2.45) is 0 Å². The SMILES string of the molecule is COc1cc2c(c3oc(=O)c(CC(=O)NCCc4cnc[nH]4)c(C)c13)CCC(C)(C)O2. The maximum absolute atomic E-state index is 12.8. The zero-order chi connectivity index (χ0) is 22.2. The molecule has 1 aliphatic rings. The number of nitrogens with zero attached hydrogens (tertiary/aromatic N) is 1. The van der Waals surface area contributed by atoms with E-state index >= 15 is 0 Å². The van der Waals surface area contributed by atoms with Crippen LogP contribution in [0, 0.1) is 6.92 Å². The number of aromatic nitrogens is 2. The molecule has 1 amide bonds. The predicted molar refractivity (Wildman–Crippen MR) is 116 cm³/mol. The summed E-state index contributed by atoms with van der Waals surface area (Å²) >= 11 is 0. The summed E-state index contributed by atoms with van der Waals surface area (Å²) < 4.78 is 17.4. The number of ether oxygens (including phenoxy) is 2. The summed E-state index contributed by atoms with van der Waals surface area (Å²) in [6.07, 6.45) is 5.43. The van der Waals surface area contributed by atoms with Gasteiger partial charge in [-0.3, -0.25) is 4.79 Å². The molecule has 4 rings (SSSR count). The van der Waals surface area contributed by atoms with Crippen LogP contribution in [-0.2, 0) is 24.1 Å². The van der Waals surface area contributed by atoms with Crippen LogP contribution in [0.25, 0.3) is 11.0 Å². The molecule has 0 saturated carbocycles. The molecule has 0 fully saturated rings. The van der Waals surface area contributed by atoms with Crippen LogP contribution >= 0.6 is 0 Å². The molecule has 0 bridgehead atoms. The van der Waals surface area contributed by atoms with Crippen molar-refractivity contribution in [3.8, 4) is 11.5 Å². The number of rotatable bonds is 6. The summed E-state index contributed by atoms with van der Waals surface area (Å²) in [6.45, 7) is 6.34. The Labute approximate surface area is 180 Å². The van der Waals surface area contributed by atoms with Gasteiger partial charge in [0.1, 0.15) is 22.7 Å². The third-order valence-electron chi connectivity index (χ3n) is 5.77. The Bertz CT molecular complexity index is 1180. The Kier molecular flexibility index (Phi) is 5.47. The number of fused-ring (bicyclic) bond motifs is 3. The number of aryl methyl sites for hydroxylation is 2. The van der Waals surface area contributed by atoms with E-state index in [-0.39, 0.29) is 17.9 Å². The molecule has 1 aliphatic heterocycles. The lowest BCUT2D eigenvalue weighted by molar-refractivity contribution is -0.120. The Balaban J connectivity index is 1.64. The maximum atomic E-state index is 12.8. The quantitative estimate of drug-likeness (QED) is 0.588. The molecule has 0 unspecified atom stereocenters. The lowest BCUT2D eigenvalue weighted by Crippen LogP contribution is -2.33. The molecular weight excluding hydrogens is 398 g/mol. The first-order valence-electron chi connectivity index (χ1n) is 10.4. The smallest absolute Gasteiger partial charge is 0.340 e.